The summed E-state index contributed by atoms with van der Waals surface area (Å²) < 4.78 is 13.5. The molecule has 0 bridgehead atoms. The van der Waals surface area contributed by atoms with Crippen molar-refractivity contribution in [3.05, 3.63) is 65.5 Å². The van der Waals surface area contributed by atoms with Crippen LogP contribution in [-0.2, 0) is 0 Å². The number of benzene rings is 2. The van der Waals surface area contributed by atoms with Crippen LogP contribution >= 0.6 is 0 Å². The summed E-state index contributed by atoms with van der Waals surface area (Å²) in [7, 11) is 0. The Hall–Kier alpha value is -2.16. The maximum absolute atomic E-state index is 13.5. The molecule has 1 amide bonds. The molecule has 1 N–H and O–H groups in total. The monoisotopic (exact) mass is 257 g/mol. The van der Waals surface area contributed by atoms with Gasteiger partial charge in [0.1, 0.15) is 5.82 Å². The molecule has 0 saturated heterocycles. The molecular formula is C16H16FNO. The normalized spacial score (nSPS) is 10.5. The van der Waals surface area contributed by atoms with Crippen LogP contribution in [0.15, 0.2) is 48.5 Å². The van der Waals surface area contributed by atoms with Crippen molar-refractivity contribution < 1.29 is 9.18 Å². The topological polar surface area (TPSA) is 29.1 Å². The minimum Gasteiger partial charge on any atom is -0.322 e. The zero-order chi connectivity index (χ0) is 13.8. The minimum absolute atomic E-state index is 0.0565. The lowest BCUT2D eigenvalue weighted by molar-refractivity contribution is 0.102. The van der Waals surface area contributed by atoms with Gasteiger partial charge >= 0.3 is 0 Å². The Morgan fingerprint density at radius 3 is 2.37 bits per heavy atom. The third kappa shape index (κ3) is 2.99. The van der Waals surface area contributed by atoms with E-state index in [2.05, 4.69) is 5.32 Å². The van der Waals surface area contributed by atoms with Crippen molar-refractivity contribution in [3.63, 3.8) is 0 Å². The Balaban J connectivity index is 2.27. The van der Waals surface area contributed by atoms with Gasteiger partial charge in [-0.3, -0.25) is 4.79 Å². The van der Waals surface area contributed by atoms with E-state index >= 15 is 0 Å². The van der Waals surface area contributed by atoms with Gasteiger partial charge in [0.15, 0.2) is 0 Å². The average Bonchev–Trinajstić information content (AvgIpc) is 2.39. The summed E-state index contributed by atoms with van der Waals surface area (Å²) in [6.45, 7) is 4.10. The zero-order valence-corrected chi connectivity index (χ0v) is 11.0. The van der Waals surface area contributed by atoms with Crippen LogP contribution in [0.3, 0.4) is 0 Å². The van der Waals surface area contributed by atoms with Crippen LogP contribution in [-0.4, -0.2) is 5.91 Å². The predicted octanol–water partition coefficient (Wildman–Crippen LogP) is 4.20. The number of hydrogen-bond donors (Lipinski definition) is 1. The van der Waals surface area contributed by atoms with Crippen LogP contribution in [0.1, 0.15) is 35.7 Å². The van der Waals surface area contributed by atoms with Gasteiger partial charge < -0.3 is 5.32 Å². The molecule has 0 fully saturated rings. The highest BCUT2D eigenvalue weighted by Gasteiger charge is 2.13. The molecule has 0 atom stereocenters. The molecule has 2 nitrogen and oxygen atoms in total. The number of halogens is 1. The van der Waals surface area contributed by atoms with E-state index in [4.69, 9.17) is 0 Å². The molecule has 0 aliphatic heterocycles. The Bertz CT molecular complexity index is 593. The van der Waals surface area contributed by atoms with Crippen molar-refractivity contribution in [1.29, 1.82) is 0 Å². The van der Waals surface area contributed by atoms with Gasteiger partial charge in [-0.2, -0.15) is 0 Å². The standard InChI is InChI=1S/C16H16FNO/c1-11(2)12-7-4-6-10-15(12)18-16(19)13-8-3-5-9-14(13)17/h3-11H,1-2H3,(H,18,19). The first-order valence-corrected chi connectivity index (χ1v) is 6.24. The fourth-order valence-electron chi connectivity index (χ4n) is 1.95. The number of nitrogens with one attached hydrogen (secondary N) is 1. The largest absolute Gasteiger partial charge is 0.322 e. The number of carbonyl (C=O) groups excluding carboxylic acids is 1. The number of amides is 1. The zero-order valence-electron chi connectivity index (χ0n) is 11.0. The first kappa shape index (κ1) is 13.3. The number of anilines is 1. The van der Waals surface area contributed by atoms with Gasteiger partial charge in [0.25, 0.3) is 5.91 Å². The predicted molar refractivity (Wildman–Crippen MR) is 74.9 cm³/mol. The lowest BCUT2D eigenvalue weighted by Crippen LogP contribution is -2.15. The fourth-order valence-corrected chi connectivity index (χ4v) is 1.95. The van der Waals surface area contributed by atoms with Gasteiger partial charge in [0.2, 0.25) is 0 Å². The van der Waals surface area contributed by atoms with Gasteiger partial charge in [0.05, 0.1) is 5.56 Å². The Morgan fingerprint density at radius 1 is 1.05 bits per heavy atom. The molecule has 0 aliphatic rings. The van der Waals surface area contributed by atoms with Gasteiger partial charge in [-0.1, -0.05) is 44.2 Å². The lowest BCUT2D eigenvalue weighted by atomic mass is 10.0. The summed E-state index contributed by atoms with van der Waals surface area (Å²) in [6, 6.07) is 13.5. The summed E-state index contributed by atoms with van der Waals surface area (Å²) in [5.74, 6) is -0.648. The van der Waals surface area contributed by atoms with Crippen LogP contribution in [0.2, 0.25) is 0 Å². The third-order valence-electron chi connectivity index (χ3n) is 2.95. The minimum atomic E-state index is -0.512. The van der Waals surface area contributed by atoms with E-state index in [0.29, 0.717) is 0 Å². The average molecular weight is 257 g/mol. The second-order valence-electron chi connectivity index (χ2n) is 4.68. The van der Waals surface area contributed by atoms with Crippen molar-refractivity contribution in [2.45, 2.75) is 19.8 Å². The van der Waals surface area contributed by atoms with Crippen LogP contribution < -0.4 is 5.32 Å². The highest BCUT2D eigenvalue weighted by atomic mass is 19.1. The van der Waals surface area contributed by atoms with Crippen molar-refractivity contribution in [2.75, 3.05) is 5.32 Å². The van der Waals surface area contributed by atoms with E-state index < -0.39 is 11.7 Å². The number of carbonyl (C=O) groups is 1. The quantitative estimate of drug-likeness (QED) is 0.877. The van der Waals surface area contributed by atoms with E-state index in [9.17, 15) is 9.18 Å². The van der Waals surface area contributed by atoms with Crippen LogP contribution in [0.4, 0.5) is 10.1 Å². The maximum Gasteiger partial charge on any atom is 0.258 e. The first-order chi connectivity index (χ1) is 9.09. The second-order valence-corrected chi connectivity index (χ2v) is 4.68. The van der Waals surface area contributed by atoms with E-state index in [-0.39, 0.29) is 11.5 Å². The molecule has 0 radical (unpaired) electrons. The van der Waals surface area contributed by atoms with Crippen molar-refractivity contribution in [3.8, 4) is 0 Å². The molecule has 2 aromatic rings. The number of rotatable bonds is 3. The molecule has 0 spiro atoms. The summed E-state index contributed by atoms with van der Waals surface area (Å²) in [5, 5.41) is 2.77. The smallest absolute Gasteiger partial charge is 0.258 e. The van der Waals surface area contributed by atoms with Crippen molar-refractivity contribution in [1.82, 2.24) is 0 Å². The highest BCUT2D eigenvalue weighted by molar-refractivity contribution is 6.04. The fraction of sp³-hybridized carbons (Fsp3) is 0.188. The summed E-state index contributed by atoms with van der Waals surface area (Å²) in [6.07, 6.45) is 0. The molecule has 0 saturated carbocycles. The van der Waals surface area contributed by atoms with Gasteiger partial charge in [-0.15, -0.1) is 0 Å². The van der Waals surface area contributed by atoms with Crippen molar-refractivity contribution >= 4 is 11.6 Å². The van der Waals surface area contributed by atoms with Crippen LogP contribution in [0.5, 0.6) is 0 Å². The summed E-state index contributed by atoms with van der Waals surface area (Å²) in [4.78, 5) is 12.1. The Morgan fingerprint density at radius 2 is 1.68 bits per heavy atom. The molecule has 19 heavy (non-hydrogen) atoms. The molecule has 2 aromatic carbocycles. The number of hydrogen-bond acceptors (Lipinski definition) is 1. The Kier molecular flexibility index (Phi) is 3.95. The summed E-state index contributed by atoms with van der Waals surface area (Å²) >= 11 is 0. The Labute approximate surface area is 112 Å². The molecule has 2 rings (SSSR count). The highest BCUT2D eigenvalue weighted by Crippen LogP contribution is 2.24. The van der Waals surface area contributed by atoms with E-state index in [1.54, 1.807) is 12.1 Å². The SMILES string of the molecule is CC(C)c1ccccc1NC(=O)c1ccccc1F. The summed E-state index contributed by atoms with van der Waals surface area (Å²) in [5.41, 5.74) is 1.82. The molecule has 98 valence electrons. The molecule has 0 aliphatic carbocycles. The van der Waals surface area contributed by atoms with Crippen molar-refractivity contribution in [2.24, 2.45) is 0 Å². The molecular weight excluding hydrogens is 241 g/mol. The van der Waals surface area contributed by atoms with E-state index in [0.717, 1.165) is 11.3 Å². The first-order valence-electron chi connectivity index (χ1n) is 6.24. The lowest BCUT2D eigenvalue weighted by Gasteiger charge is -2.13. The molecule has 0 aromatic heterocycles. The molecule has 0 unspecified atom stereocenters. The van der Waals surface area contributed by atoms with Crippen LogP contribution in [0, 0.1) is 5.82 Å². The van der Waals surface area contributed by atoms with Crippen LogP contribution in [0.25, 0.3) is 0 Å². The van der Waals surface area contributed by atoms with E-state index in [1.807, 2.05) is 38.1 Å². The van der Waals surface area contributed by atoms with Gasteiger partial charge in [0, 0.05) is 5.69 Å². The van der Waals surface area contributed by atoms with E-state index in [1.165, 1.54) is 12.1 Å². The second kappa shape index (κ2) is 5.65. The van der Waals surface area contributed by atoms with Gasteiger partial charge in [-0.05, 0) is 29.7 Å². The molecule has 0 heterocycles. The maximum atomic E-state index is 13.5. The molecule has 3 heteroatoms. The van der Waals surface area contributed by atoms with Gasteiger partial charge in [-0.25, -0.2) is 4.39 Å². The number of para-hydroxylation sites is 1. The third-order valence-corrected chi connectivity index (χ3v) is 2.95.